The zero-order valence-electron chi connectivity index (χ0n) is 19.8. The maximum absolute atomic E-state index is 13.7. The number of carbonyl (C=O) groups is 1. The highest BCUT2D eigenvalue weighted by atomic mass is 16.5. The number of aromatic amines is 1. The fraction of sp³-hybridized carbons (Fsp3) is 0.129. The van der Waals surface area contributed by atoms with Crippen molar-refractivity contribution in [1.29, 1.82) is 0 Å². The van der Waals surface area contributed by atoms with Crippen molar-refractivity contribution in [3.63, 3.8) is 0 Å². The van der Waals surface area contributed by atoms with Crippen molar-refractivity contribution in [3.05, 3.63) is 125 Å². The number of carbonyl (C=O) groups excluding carboxylic acids is 1. The summed E-state index contributed by atoms with van der Waals surface area (Å²) in [4.78, 5) is 19.4. The molecule has 1 N–H and O–H groups in total. The van der Waals surface area contributed by atoms with E-state index in [1.54, 1.807) is 7.11 Å². The highest BCUT2D eigenvalue weighted by molar-refractivity contribution is 6.02. The molecule has 0 saturated heterocycles. The van der Waals surface area contributed by atoms with Crippen molar-refractivity contribution in [3.8, 4) is 17.0 Å². The minimum absolute atomic E-state index is 0.0570. The van der Waals surface area contributed by atoms with Crippen LogP contribution < -0.4 is 4.74 Å². The van der Waals surface area contributed by atoms with Crippen LogP contribution in [0, 0.1) is 6.92 Å². The molecular weight excluding hydrogens is 432 g/mol. The molecule has 1 aliphatic heterocycles. The lowest BCUT2D eigenvalue weighted by atomic mass is 9.93. The molecular formula is C31H26N2O2. The van der Waals surface area contributed by atoms with Gasteiger partial charge in [-0.3, -0.25) is 4.79 Å². The zero-order chi connectivity index (χ0) is 23.9. The standard InChI is InChI=1S/C31H26N2O2/c1-20-11-15-22(16-12-20)29-28(26-9-5-6-10-27(26)32-29)30-24-7-3-4-8-25(24)31(34)33(30)19-21-13-17-23(35-2)18-14-21/h3-18,30,32H,19H2,1-2H3/t30-/m0/s1. The summed E-state index contributed by atoms with van der Waals surface area (Å²) in [5.74, 6) is 0.862. The van der Waals surface area contributed by atoms with Gasteiger partial charge in [0.05, 0.1) is 18.8 Å². The molecule has 0 saturated carbocycles. The van der Waals surface area contributed by atoms with E-state index in [1.165, 1.54) is 5.56 Å². The average molecular weight is 459 g/mol. The molecule has 0 fully saturated rings. The maximum atomic E-state index is 13.7. The molecule has 5 aromatic rings. The lowest BCUT2D eigenvalue weighted by molar-refractivity contribution is 0.0737. The van der Waals surface area contributed by atoms with Crippen molar-refractivity contribution in [1.82, 2.24) is 9.88 Å². The third-order valence-corrected chi connectivity index (χ3v) is 6.93. The van der Waals surface area contributed by atoms with Crippen LogP contribution in [0.3, 0.4) is 0 Å². The predicted molar refractivity (Wildman–Crippen MR) is 140 cm³/mol. The smallest absolute Gasteiger partial charge is 0.255 e. The van der Waals surface area contributed by atoms with Gasteiger partial charge in [-0.05, 0) is 47.9 Å². The second-order valence-electron chi connectivity index (χ2n) is 9.10. The summed E-state index contributed by atoms with van der Waals surface area (Å²) in [6.45, 7) is 2.60. The Morgan fingerprint density at radius 3 is 2.34 bits per heavy atom. The molecule has 1 aromatic heterocycles. The van der Waals surface area contributed by atoms with Gasteiger partial charge < -0.3 is 14.6 Å². The van der Waals surface area contributed by atoms with Crippen molar-refractivity contribution in [2.24, 2.45) is 0 Å². The van der Waals surface area contributed by atoms with Crippen LogP contribution in [0.1, 0.15) is 38.7 Å². The first-order chi connectivity index (χ1) is 17.1. The minimum atomic E-state index is -0.201. The number of fused-ring (bicyclic) bond motifs is 2. The van der Waals surface area contributed by atoms with E-state index in [9.17, 15) is 4.79 Å². The molecule has 0 unspecified atom stereocenters. The number of aromatic nitrogens is 1. The molecule has 4 aromatic carbocycles. The molecule has 1 amide bonds. The molecule has 4 heteroatoms. The van der Waals surface area contributed by atoms with E-state index in [2.05, 4.69) is 60.4 Å². The summed E-state index contributed by atoms with van der Waals surface area (Å²) in [5, 5.41) is 1.14. The van der Waals surface area contributed by atoms with Crippen molar-refractivity contribution in [2.75, 3.05) is 7.11 Å². The fourth-order valence-corrected chi connectivity index (χ4v) is 5.17. The maximum Gasteiger partial charge on any atom is 0.255 e. The Morgan fingerprint density at radius 2 is 1.57 bits per heavy atom. The molecule has 4 nitrogen and oxygen atoms in total. The van der Waals surface area contributed by atoms with Crippen LogP contribution in [0.4, 0.5) is 0 Å². The number of nitrogens with zero attached hydrogens (tertiary/aromatic N) is 1. The monoisotopic (exact) mass is 458 g/mol. The summed E-state index contributed by atoms with van der Waals surface area (Å²) in [6, 6.07) is 32.7. The summed E-state index contributed by atoms with van der Waals surface area (Å²) < 4.78 is 5.33. The van der Waals surface area contributed by atoms with E-state index in [1.807, 2.05) is 53.4 Å². The molecule has 0 radical (unpaired) electrons. The van der Waals surface area contributed by atoms with Crippen molar-refractivity contribution in [2.45, 2.75) is 19.5 Å². The Hall–Kier alpha value is -4.31. The predicted octanol–water partition coefficient (Wildman–Crippen LogP) is 6.90. The first-order valence-corrected chi connectivity index (χ1v) is 11.8. The van der Waals surface area contributed by atoms with Gasteiger partial charge in [0.2, 0.25) is 0 Å². The Kier molecular flexibility index (Phi) is 5.14. The first kappa shape index (κ1) is 21.2. The van der Waals surface area contributed by atoms with Gasteiger partial charge in [0.15, 0.2) is 0 Å². The number of H-pyrrole nitrogens is 1. The highest BCUT2D eigenvalue weighted by Gasteiger charge is 2.40. The number of para-hydroxylation sites is 1. The van der Waals surface area contributed by atoms with Crippen LogP contribution in [0.25, 0.3) is 22.2 Å². The van der Waals surface area contributed by atoms with Crippen molar-refractivity contribution < 1.29 is 9.53 Å². The van der Waals surface area contributed by atoms with Crippen LogP contribution in [-0.4, -0.2) is 22.9 Å². The number of nitrogens with one attached hydrogen (secondary N) is 1. The van der Waals surface area contributed by atoms with Crippen molar-refractivity contribution >= 4 is 16.8 Å². The average Bonchev–Trinajstić information content (AvgIpc) is 3.40. The number of aryl methyl sites for hydroxylation is 1. The number of hydrogen-bond acceptors (Lipinski definition) is 2. The zero-order valence-corrected chi connectivity index (χ0v) is 19.8. The highest BCUT2D eigenvalue weighted by Crippen LogP contribution is 2.46. The van der Waals surface area contributed by atoms with Crippen LogP contribution in [0.15, 0.2) is 97.1 Å². The number of rotatable bonds is 5. The molecule has 1 aliphatic rings. The van der Waals surface area contributed by atoms with Gasteiger partial charge >= 0.3 is 0 Å². The number of hydrogen-bond donors (Lipinski definition) is 1. The molecule has 0 bridgehead atoms. The largest absolute Gasteiger partial charge is 0.497 e. The summed E-state index contributed by atoms with van der Waals surface area (Å²) >= 11 is 0. The molecule has 6 rings (SSSR count). The number of ether oxygens (including phenoxy) is 1. The molecule has 1 atom stereocenters. The summed E-state index contributed by atoms with van der Waals surface area (Å²) in [6.07, 6.45) is 0. The molecule has 0 spiro atoms. The molecule has 35 heavy (non-hydrogen) atoms. The Bertz CT molecular complexity index is 1530. The molecule has 0 aliphatic carbocycles. The van der Waals surface area contributed by atoms with Crippen LogP contribution in [0.2, 0.25) is 0 Å². The summed E-state index contributed by atoms with van der Waals surface area (Å²) in [7, 11) is 1.66. The van der Waals surface area contributed by atoms with E-state index in [-0.39, 0.29) is 11.9 Å². The summed E-state index contributed by atoms with van der Waals surface area (Å²) in [5.41, 5.74) is 8.47. The number of methoxy groups -OCH3 is 1. The quantitative estimate of drug-likeness (QED) is 0.311. The van der Waals surface area contributed by atoms with Gasteiger partial charge in [0.1, 0.15) is 5.75 Å². The van der Waals surface area contributed by atoms with Gasteiger partial charge in [0.25, 0.3) is 5.91 Å². The lowest BCUT2D eigenvalue weighted by Gasteiger charge is -2.27. The topological polar surface area (TPSA) is 45.3 Å². The second-order valence-corrected chi connectivity index (χ2v) is 9.10. The van der Waals surface area contributed by atoms with Crippen LogP contribution in [-0.2, 0) is 6.54 Å². The van der Waals surface area contributed by atoms with Gasteiger partial charge in [-0.25, -0.2) is 0 Å². The van der Waals surface area contributed by atoms with Gasteiger partial charge in [-0.2, -0.15) is 0 Å². The second kappa shape index (κ2) is 8.48. The Labute approximate surface area is 204 Å². The fourth-order valence-electron chi connectivity index (χ4n) is 5.17. The van der Waals surface area contributed by atoms with Gasteiger partial charge in [-0.1, -0.05) is 78.4 Å². The molecule has 2 heterocycles. The number of benzene rings is 4. The Morgan fingerprint density at radius 1 is 0.857 bits per heavy atom. The van der Waals surface area contributed by atoms with E-state index < -0.39 is 0 Å². The van der Waals surface area contributed by atoms with Gasteiger partial charge in [-0.15, -0.1) is 0 Å². The first-order valence-electron chi connectivity index (χ1n) is 11.8. The van der Waals surface area contributed by atoms with E-state index >= 15 is 0 Å². The lowest BCUT2D eigenvalue weighted by Crippen LogP contribution is -2.28. The third kappa shape index (κ3) is 3.58. The minimum Gasteiger partial charge on any atom is -0.497 e. The van der Waals surface area contributed by atoms with Crippen LogP contribution in [0.5, 0.6) is 5.75 Å². The normalized spacial score (nSPS) is 15.0. The van der Waals surface area contributed by atoms with E-state index in [4.69, 9.17) is 4.74 Å². The Balaban J connectivity index is 1.55. The number of amides is 1. The van der Waals surface area contributed by atoms with E-state index in [0.29, 0.717) is 6.54 Å². The third-order valence-electron chi connectivity index (χ3n) is 6.93. The van der Waals surface area contributed by atoms with Gasteiger partial charge in [0, 0.05) is 28.6 Å². The SMILES string of the molecule is COc1ccc(CN2C(=O)c3ccccc3[C@H]2c2c(-c3ccc(C)cc3)[nH]c3ccccc23)cc1. The molecule has 172 valence electrons. The van der Waals surface area contributed by atoms with Crippen LogP contribution >= 0.6 is 0 Å². The van der Waals surface area contributed by atoms with E-state index in [0.717, 1.165) is 50.2 Å².